The summed E-state index contributed by atoms with van der Waals surface area (Å²) in [6.45, 7) is 5.29. The van der Waals surface area contributed by atoms with Crippen molar-refractivity contribution in [3.63, 3.8) is 0 Å². The van der Waals surface area contributed by atoms with Crippen LogP contribution < -0.4 is 4.74 Å². The first-order chi connectivity index (χ1) is 8.81. The Morgan fingerprint density at radius 3 is 3.17 bits per heavy atom. The Balaban J connectivity index is 1.92. The highest BCUT2D eigenvalue weighted by Crippen LogP contribution is 2.44. The van der Waals surface area contributed by atoms with Gasteiger partial charge in [0.25, 0.3) is 0 Å². The molecule has 1 aromatic rings. The summed E-state index contributed by atoms with van der Waals surface area (Å²) in [5, 5.41) is 9.88. The van der Waals surface area contributed by atoms with E-state index in [-0.39, 0.29) is 0 Å². The number of nitrogens with zero attached hydrogens (tertiary/aromatic N) is 1. The Morgan fingerprint density at radius 1 is 1.44 bits per heavy atom. The van der Waals surface area contributed by atoms with Crippen molar-refractivity contribution >= 4 is 0 Å². The van der Waals surface area contributed by atoms with E-state index in [9.17, 15) is 5.11 Å². The van der Waals surface area contributed by atoms with Gasteiger partial charge in [0.1, 0.15) is 6.61 Å². The second kappa shape index (κ2) is 4.81. The fourth-order valence-electron chi connectivity index (χ4n) is 3.44. The quantitative estimate of drug-likeness (QED) is 0.872. The number of hydrogen-bond donors (Lipinski definition) is 1. The highest BCUT2D eigenvalue weighted by atomic mass is 16.5. The molecule has 3 rings (SSSR count). The van der Waals surface area contributed by atoms with Crippen molar-refractivity contribution in [1.29, 1.82) is 0 Å². The van der Waals surface area contributed by atoms with Crippen LogP contribution in [0.5, 0.6) is 11.5 Å². The van der Waals surface area contributed by atoms with Gasteiger partial charge in [0.2, 0.25) is 0 Å². The lowest BCUT2D eigenvalue weighted by Gasteiger charge is -2.44. The Morgan fingerprint density at radius 2 is 2.33 bits per heavy atom. The number of benzene rings is 1. The molecule has 0 amide bonds. The van der Waals surface area contributed by atoms with Crippen molar-refractivity contribution in [1.82, 2.24) is 4.90 Å². The van der Waals surface area contributed by atoms with Crippen LogP contribution in [0, 0.1) is 0 Å². The first-order valence-corrected chi connectivity index (χ1v) is 7.00. The largest absolute Gasteiger partial charge is 0.504 e. The van der Waals surface area contributed by atoms with Crippen molar-refractivity contribution in [2.75, 3.05) is 19.7 Å². The number of hydrogen-bond acceptors (Lipinski definition) is 3. The van der Waals surface area contributed by atoms with E-state index in [0.29, 0.717) is 17.7 Å². The predicted molar refractivity (Wildman–Crippen MR) is 71.2 cm³/mol. The van der Waals surface area contributed by atoms with E-state index in [2.05, 4.69) is 17.9 Å². The van der Waals surface area contributed by atoms with Gasteiger partial charge in [-0.2, -0.15) is 0 Å². The van der Waals surface area contributed by atoms with E-state index >= 15 is 0 Å². The van der Waals surface area contributed by atoms with Crippen molar-refractivity contribution < 1.29 is 9.84 Å². The summed E-state index contributed by atoms with van der Waals surface area (Å²) in [5.74, 6) is 1.54. The molecule has 1 N–H and O–H groups in total. The minimum atomic E-state index is 0.290. The lowest BCUT2D eigenvalue weighted by molar-refractivity contribution is 0.0643. The van der Waals surface area contributed by atoms with Crippen LogP contribution in [0.4, 0.5) is 0 Å². The summed E-state index contributed by atoms with van der Waals surface area (Å²) in [7, 11) is 0. The van der Waals surface area contributed by atoms with Crippen molar-refractivity contribution in [2.45, 2.75) is 38.1 Å². The van der Waals surface area contributed by atoms with E-state index < -0.39 is 0 Å². The topological polar surface area (TPSA) is 32.7 Å². The maximum atomic E-state index is 9.88. The van der Waals surface area contributed by atoms with Crippen molar-refractivity contribution in [2.24, 2.45) is 0 Å². The standard InChI is InChI=1S/C15H21NO2/c1-2-8-16-9-4-6-11-12-5-3-7-14(17)15(12)18-10-13(11)16/h3,5,7,11,13,17H,2,4,6,8-10H2,1H3/t11-,13+/m1/s1. The number of fused-ring (bicyclic) bond motifs is 3. The van der Waals surface area contributed by atoms with Gasteiger partial charge in [-0.05, 0) is 38.4 Å². The minimum Gasteiger partial charge on any atom is -0.504 e. The van der Waals surface area contributed by atoms with Crippen LogP contribution in [0.15, 0.2) is 18.2 Å². The molecule has 0 aliphatic carbocycles. The average Bonchev–Trinajstić information content (AvgIpc) is 2.40. The Hall–Kier alpha value is -1.22. The molecule has 3 heteroatoms. The fraction of sp³-hybridized carbons (Fsp3) is 0.600. The second-order valence-electron chi connectivity index (χ2n) is 5.36. The smallest absolute Gasteiger partial charge is 0.164 e. The predicted octanol–water partition coefficient (Wildman–Crippen LogP) is 2.74. The van der Waals surface area contributed by atoms with Crippen LogP contribution in [0.2, 0.25) is 0 Å². The molecule has 1 saturated heterocycles. The first kappa shape index (κ1) is 11.8. The van der Waals surface area contributed by atoms with Gasteiger partial charge in [-0.25, -0.2) is 0 Å². The molecular weight excluding hydrogens is 226 g/mol. The van der Waals surface area contributed by atoms with E-state index in [4.69, 9.17) is 4.74 Å². The molecule has 18 heavy (non-hydrogen) atoms. The number of para-hydroxylation sites is 1. The van der Waals surface area contributed by atoms with Crippen molar-refractivity contribution in [3.05, 3.63) is 23.8 Å². The third-order valence-electron chi connectivity index (χ3n) is 4.23. The first-order valence-electron chi connectivity index (χ1n) is 7.00. The van der Waals surface area contributed by atoms with E-state index in [0.717, 1.165) is 18.9 Å². The van der Waals surface area contributed by atoms with Crippen LogP contribution in [-0.4, -0.2) is 35.7 Å². The van der Waals surface area contributed by atoms with Gasteiger partial charge in [0.15, 0.2) is 11.5 Å². The zero-order valence-electron chi connectivity index (χ0n) is 10.9. The lowest BCUT2D eigenvalue weighted by Crippen LogP contribution is -2.49. The summed E-state index contributed by atoms with van der Waals surface area (Å²) < 4.78 is 5.81. The number of phenols is 1. The van der Waals surface area contributed by atoms with Gasteiger partial charge < -0.3 is 9.84 Å². The molecule has 0 saturated carbocycles. The molecule has 3 nitrogen and oxygen atoms in total. The van der Waals surface area contributed by atoms with E-state index in [1.54, 1.807) is 6.07 Å². The van der Waals surface area contributed by atoms with E-state index in [1.165, 1.54) is 31.4 Å². The Kier molecular flexibility index (Phi) is 3.16. The van der Waals surface area contributed by atoms with Crippen LogP contribution in [-0.2, 0) is 0 Å². The van der Waals surface area contributed by atoms with Crippen LogP contribution >= 0.6 is 0 Å². The zero-order valence-corrected chi connectivity index (χ0v) is 10.9. The molecule has 0 unspecified atom stereocenters. The second-order valence-corrected chi connectivity index (χ2v) is 5.36. The maximum absolute atomic E-state index is 9.88. The van der Waals surface area contributed by atoms with Crippen LogP contribution in [0.3, 0.4) is 0 Å². The number of piperidine rings is 1. The van der Waals surface area contributed by atoms with Crippen molar-refractivity contribution in [3.8, 4) is 11.5 Å². The molecule has 1 aromatic carbocycles. The fourth-order valence-corrected chi connectivity index (χ4v) is 3.44. The number of ether oxygens (including phenoxy) is 1. The summed E-state index contributed by atoms with van der Waals surface area (Å²) in [5.41, 5.74) is 1.20. The third kappa shape index (κ3) is 1.87. The third-order valence-corrected chi connectivity index (χ3v) is 4.23. The van der Waals surface area contributed by atoms with Crippen LogP contribution in [0.1, 0.15) is 37.7 Å². The monoisotopic (exact) mass is 247 g/mol. The van der Waals surface area contributed by atoms with Gasteiger partial charge in [-0.1, -0.05) is 19.1 Å². The Bertz CT molecular complexity index is 431. The molecule has 2 aliphatic rings. The molecule has 1 fully saturated rings. The van der Waals surface area contributed by atoms with Gasteiger partial charge >= 0.3 is 0 Å². The number of phenolic OH excluding ortho intramolecular Hbond substituents is 1. The SMILES string of the molecule is CCCN1CCC[C@@H]2c3cccc(O)c3OC[C@@H]21. The molecule has 2 atom stereocenters. The lowest BCUT2D eigenvalue weighted by atomic mass is 9.81. The molecule has 98 valence electrons. The van der Waals surface area contributed by atoms with Gasteiger partial charge in [-0.15, -0.1) is 0 Å². The van der Waals surface area contributed by atoms with Gasteiger partial charge in [0, 0.05) is 11.5 Å². The van der Waals surface area contributed by atoms with E-state index in [1.807, 2.05) is 6.07 Å². The number of likely N-dealkylation sites (tertiary alicyclic amines) is 1. The molecule has 0 radical (unpaired) electrons. The molecule has 0 aromatic heterocycles. The molecule has 2 heterocycles. The minimum absolute atomic E-state index is 0.290. The summed E-state index contributed by atoms with van der Waals surface area (Å²) in [6, 6.07) is 6.25. The highest BCUT2D eigenvalue weighted by Gasteiger charge is 2.37. The van der Waals surface area contributed by atoms with Gasteiger partial charge in [-0.3, -0.25) is 4.90 Å². The maximum Gasteiger partial charge on any atom is 0.164 e. The highest BCUT2D eigenvalue weighted by molar-refractivity contribution is 5.49. The molecule has 2 aliphatic heterocycles. The summed E-state index contributed by atoms with van der Waals surface area (Å²) >= 11 is 0. The Labute approximate surface area is 108 Å². The molecule has 0 spiro atoms. The molecule has 0 bridgehead atoms. The van der Waals surface area contributed by atoms with Crippen LogP contribution in [0.25, 0.3) is 0 Å². The normalized spacial score (nSPS) is 27.2. The summed E-state index contributed by atoms with van der Waals surface area (Å²) in [6.07, 6.45) is 3.65. The zero-order chi connectivity index (χ0) is 12.5. The number of rotatable bonds is 2. The summed E-state index contributed by atoms with van der Waals surface area (Å²) in [4.78, 5) is 2.56. The molecular formula is C15H21NO2. The van der Waals surface area contributed by atoms with Gasteiger partial charge in [0.05, 0.1) is 6.04 Å². The average molecular weight is 247 g/mol. The number of aromatic hydroxyl groups is 1.